The largest absolute Gasteiger partial charge is 0.329 e. The first-order valence-electron chi connectivity index (χ1n) is 5.70. The van der Waals surface area contributed by atoms with Crippen LogP contribution in [0.4, 0.5) is 5.69 Å². The van der Waals surface area contributed by atoms with Gasteiger partial charge in [-0.15, -0.1) is 0 Å². The summed E-state index contributed by atoms with van der Waals surface area (Å²) in [6.07, 6.45) is 7.47. The van der Waals surface area contributed by atoms with Crippen LogP contribution in [0.25, 0.3) is 0 Å². The first-order chi connectivity index (χ1) is 7.40. The van der Waals surface area contributed by atoms with Gasteiger partial charge in [0.05, 0.1) is 0 Å². The van der Waals surface area contributed by atoms with Crippen LogP contribution in [0.5, 0.6) is 0 Å². The summed E-state index contributed by atoms with van der Waals surface area (Å²) in [6, 6.07) is 8.25. The fourth-order valence-electron chi connectivity index (χ4n) is 2.36. The molecule has 2 heteroatoms. The van der Waals surface area contributed by atoms with E-state index >= 15 is 0 Å². The highest BCUT2D eigenvalue weighted by atomic mass is 16.1. The molecular formula is C13H17NO. The van der Waals surface area contributed by atoms with Gasteiger partial charge in [-0.05, 0) is 36.5 Å². The van der Waals surface area contributed by atoms with Crippen LogP contribution in [-0.4, -0.2) is 6.41 Å². The molecule has 1 aliphatic rings. The van der Waals surface area contributed by atoms with Crippen molar-refractivity contribution in [2.45, 2.75) is 38.0 Å². The molecule has 2 rings (SSSR count). The van der Waals surface area contributed by atoms with Crippen LogP contribution in [0.15, 0.2) is 24.3 Å². The molecule has 80 valence electrons. The van der Waals surface area contributed by atoms with E-state index in [0.717, 1.165) is 18.0 Å². The number of anilines is 1. The van der Waals surface area contributed by atoms with Gasteiger partial charge in [-0.1, -0.05) is 31.4 Å². The van der Waals surface area contributed by atoms with Crippen molar-refractivity contribution >= 4 is 12.1 Å². The molecule has 1 aliphatic carbocycles. The minimum Gasteiger partial charge on any atom is -0.329 e. The maximum absolute atomic E-state index is 10.2. The topological polar surface area (TPSA) is 29.1 Å². The maximum Gasteiger partial charge on any atom is 0.211 e. The number of amides is 1. The van der Waals surface area contributed by atoms with E-state index in [1.54, 1.807) is 0 Å². The molecule has 0 saturated heterocycles. The monoisotopic (exact) mass is 203 g/mol. The van der Waals surface area contributed by atoms with Gasteiger partial charge in [0, 0.05) is 5.69 Å². The quantitative estimate of drug-likeness (QED) is 0.750. The van der Waals surface area contributed by atoms with Crippen LogP contribution >= 0.6 is 0 Å². The lowest BCUT2D eigenvalue weighted by atomic mass is 9.84. The minimum atomic E-state index is 0.718. The Bertz CT molecular complexity index is 312. The Balaban J connectivity index is 2.04. The van der Waals surface area contributed by atoms with Gasteiger partial charge in [-0.2, -0.15) is 0 Å². The lowest BCUT2D eigenvalue weighted by Gasteiger charge is -2.21. The summed E-state index contributed by atoms with van der Waals surface area (Å²) in [5, 5.41) is 2.66. The van der Waals surface area contributed by atoms with Gasteiger partial charge >= 0.3 is 0 Å². The van der Waals surface area contributed by atoms with E-state index in [0.29, 0.717) is 0 Å². The third kappa shape index (κ3) is 2.58. The van der Waals surface area contributed by atoms with Crippen LogP contribution in [-0.2, 0) is 4.79 Å². The third-order valence-corrected chi connectivity index (χ3v) is 3.21. The van der Waals surface area contributed by atoms with E-state index in [-0.39, 0.29) is 0 Å². The number of carbonyl (C=O) groups excluding carboxylic acids is 1. The molecule has 15 heavy (non-hydrogen) atoms. The lowest BCUT2D eigenvalue weighted by molar-refractivity contribution is -0.105. The minimum absolute atomic E-state index is 0.718. The Labute approximate surface area is 90.7 Å². The first-order valence-corrected chi connectivity index (χ1v) is 5.70. The highest BCUT2D eigenvalue weighted by molar-refractivity contribution is 5.71. The highest BCUT2D eigenvalue weighted by Gasteiger charge is 2.14. The number of rotatable bonds is 3. The van der Waals surface area contributed by atoms with E-state index in [1.165, 1.54) is 37.7 Å². The predicted molar refractivity (Wildman–Crippen MR) is 62.0 cm³/mol. The van der Waals surface area contributed by atoms with Crippen LogP contribution in [0.2, 0.25) is 0 Å². The predicted octanol–water partition coefficient (Wildman–Crippen LogP) is 3.30. The van der Waals surface area contributed by atoms with Crippen LogP contribution < -0.4 is 5.32 Å². The van der Waals surface area contributed by atoms with Crippen molar-refractivity contribution in [2.75, 3.05) is 5.32 Å². The molecule has 1 saturated carbocycles. The van der Waals surface area contributed by atoms with Crippen molar-refractivity contribution in [1.82, 2.24) is 0 Å². The fourth-order valence-corrected chi connectivity index (χ4v) is 2.36. The van der Waals surface area contributed by atoms with Gasteiger partial charge in [0.1, 0.15) is 0 Å². The van der Waals surface area contributed by atoms with Crippen molar-refractivity contribution in [2.24, 2.45) is 0 Å². The van der Waals surface area contributed by atoms with Crippen molar-refractivity contribution in [3.63, 3.8) is 0 Å². The van der Waals surface area contributed by atoms with Gasteiger partial charge in [-0.25, -0.2) is 0 Å². The number of hydrogen-bond donors (Lipinski definition) is 1. The Morgan fingerprint density at radius 3 is 2.33 bits per heavy atom. The highest BCUT2D eigenvalue weighted by Crippen LogP contribution is 2.32. The first kappa shape index (κ1) is 10.2. The average Bonchev–Trinajstić information content (AvgIpc) is 2.32. The molecule has 0 radical (unpaired) electrons. The second kappa shape index (κ2) is 4.96. The number of carbonyl (C=O) groups is 1. The standard InChI is InChI=1S/C13H17NO/c15-10-14-13-8-6-12(7-9-13)11-4-2-1-3-5-11/h6-11H,1-5H2,(H,14,15). The van der Waals surface area contributed by atoms with Crippen molar-refractivity contribution < 1.29 is 4.79 Å². The molecule has 1 N–H and O–H groups in total. The summed E-state index contributed by atoms with van der Waals surface area (Å²) in [5.41, 5.74) is 2.30. The summed E-state index contributed by atoms with van der Waals surface area (Å²) >= 11 is 0. The molecular weight excluding hydrogens is 186 g/mol. The van der Waals surface area contributed by atoms with Gasteiger partial charge < -0.3 is 5.32 Å². The SMILES string of the molecule is O=CNc1ccc(C2CCCCC2)cc1. The Morgan fingerprint density at radius 2 is 1.73 bits per heavy atom. The summed E-state index contributed by atoms with van der Waals surface area (Å²) in [4.78, 5) is 10.2. The maximum atomic E-state index is 10.2. The van der Waals surface area contributed by atoms with Crippen molar-refractivity contribution in [3.8, 4) is 0 Å². The molecule has 0 aliphatic heterocycles. The summed E-state index contributed by atoms with van der Waals surface area (Å²) < 4.78 is 0. The second-order valence-electron chi connectivity index (χ2n) is 4.22. The van der Waals surface area contributed by atoms with Gasteiger partial charge in [-0.3, -0.25) is 4.79 Å². The molecule has 0 heterocycles. The smallest absolute Gasteiger partial charge is 0.211 e. The van der Waals surface area contributed by atoms with Crippen LogP contribution in [0, 0.1) is 0 Å². The molecule has 1 aromatic rings. The molecule has 0 bridgehead atoms. The zero-order valence-electron chi connectivity index (χ0n) is 8.91. The average molecular weight is 203 g/mol. The Kier molecular flexibility index (Phi) is 3.38. The fraction of sp³-hybridized carbons (Fsp3) is 0.462. The zero-order valence-corrected chi connectivity index (χ0v) is 8.91. The van der Waals surface area contributed by atoms with Crippen molar-refractivity contribution in [3.05, 3.63) is 29.8 Å². The van der Waals surface area contributed by atoms with Gasteiger partial charge in [0.2, 0.25) is 6.41 Å². The lowest BCUT2D eigenvalue weighted by Crippen LogP contribution is -2.04. The summed E-state index contributed by atoms with van der Waals surface area (Å²) in [6.45, 7) is 0. The van der Waals surface area contributed by atoms with E-state index in [2.05, 4.69) is 17.4 Å². The van der Waals surface area contributed by atoms with Crippen molar-refractivity contribution in [1.29, 1.82) is 0 Å². The molecule has 1 fully saturated rings. The Morgan fingerprint density at radius 1 is 1.07 bits per heavy atom. The van der Waals surface area contributed by atoms with Crippen LogP contribution in [0.3, 0.4) is 0 Å². The number of nitrogens with one attached hydrogen (secondary N) is 1. The third-order valence-electron chi connectivity index (χ3n) is 3.21. The molecule has 0 atom stereocenters. The zero-order chi connectivity index (χ0) is 10.5. The molecule has 1 amide bonds. The molecule has 0 unspecified atom stereocenters. The van der Waals surface area contributed by atoms with Gasteiger partial charge in [0.25, 0.3) is 0 Å². The van der Waals surface area contributed by atoms with E-state index in [1.807, 2.05) is 12.1 Å². The molecule has 0 spiro atoms. The Hall–Kier alpha value is -1.31. The number of hydrogen-bond acceptors (Lipinski definition) is 1. The summed E-state index contributed by atoms with van der Waals surface area (Å²) in [5.74, 6) is 0.740. The van der Waals surface area contributed by atoms with Gasteiger partial charge in [0.15, 0.2) is 0 Å². The van der Waals surface area contributed by atoms with Crippen LogP contribution in [0.1, 0.15) is 43.6 Å². The van der Waals surface area contributed by atoms with E-state index in [9.17, 15) is 4.79 Å². The van der Waals surface area contributed by atoms with E-state index in [4.69, 9.17) is 0 Å². The van der Waals surface area contributed by atoms with E-state index < -0.39 is 0 Å². The second-order valence-corrected chi connectivity index (χ2v) is 4.22. The number of benzene rings is 1. The normalized spacial score (nSPS) is 17.3. The molecule has 1 aromatic carbocycles. The molecule has 2 nitrogen and oxygen atoms in total. The molecule has 0 aromatic heterocycles. The summed E-state index contributed by atoms with van der Waals surface area (Å²) in [7, 11) is 0.